The molecule has 0 atom stereocenters. The van der Waals surface area contributed by atoms with Crippen LogP contribution < -0.4 is 0 Å². The van der Waals surface area contributed by atoms with Gasteiger partial charge in [-0.1, -0.05) is 19.1 Å². The van der Waals surface area contributed by atoms with Gasteiger partial charge in [0.1, 0.15) is 5.65 Å². The molecule has 0 spiro atoms. The Morgan fingerprint density at radius 3 is 2.69 bits per heavy atom. The van der Waals surface area contributed by atoms with E-state index in [-0.39, 0.29) is 16.2 Å². The molecule has 0 saturated carbocycles. The van der Waals surface area contributed by atoms with Gasteiger partial charge in [-0.15, -0.1) is 0 Å². The molecule has 0 aliphatic heterocycles. The average molecular weight is 473 g/mol. The quantitative estimate of drug-likeness (QED) is 0.437. The van der Waals surface area contributed by atoms with Gasteiger partial charge in [-0.3, -0.25) is 0 Å². The molecule has 0 bridgehead atoms. The first-order valence-corrected chi connectivity index (χ1v) is 11.3. The summed E-state index contributed by atoms with van der Waals surface area (Å²) in [7, 11) is -3.41. The minimum Gasteiger partial charge on any atom is -0.478 e. The van der Waals surface area contributed by atoms with Gasteiger partial charge in [0.2, 0.25) is 0 Å². The van der Waals surface area contributed by atoms with Gasteiger partial charge in [0.05, 0.1) is 16.2 Å². The van der Waals surface area contributed by atoms with Crippen molar-refractivity contribution in [2.45, 2.75) is 18.7 Å². The van der Waals surface area contributed by atoms with E-state index in [4.69, 9.17) is 0 Å². The number of hydrogen-bond acceptors (Lipinski definition) is 4. The third-order valence-corrected chi connectivity index (χ3v) is 7.46. The molecule has 0 radical (unpaired) electrons. The van der Waals surface area contributed by atoms with E-state index in [0.29, 0.717) is 26.8 Å². The third-order valence-electron chi connectivity index (χ3n) is 4.90. The molecule has 0 amide bonds. The Morgan fingerprint density at radius 1 is 1.24 bits per heavy atom. The van der Waals surface area contributed by atoms with Gasteiger partial charge < -0.3 is 10.1 Å². The molecule has 8 heteroatoms. The molecule has 0 unspecified atom stereocenters. The molecule has 0 aliphatic carbocycles. The zero-order chi connectivity index (χ0) is 20.9. The van der Waals surface area contributed by atoms with Gasteiger partial charge in [-0.25, -0.2) is 18.2 Å². The van der Waals surface area contributed by atoms with E-state index in [0.717, 1.165) is 16.3 Å². The lowest BCUT2D eigenvalue weighted by Gasteiger charge is -2.12. The number of nitrogens with zero attached hydrogens (tertiary/aromatic N) is 1. The summed E-state index contributed by atoms with van der Waals surface area (Å²) in [4.78, 5) is 19.6. The monoisotopic (exact) mass is 472 g/mol. The predicted molar refractivity (Wildman–Crippen MR) is 116 cm³/mol. The number of carbonyl (C=O) groups is 1. The van der Waals surface area contributed by atoms with Gasteiger partial charge in [0, 0.05) is 32.5 Å². The normalized spacial score (nSPS) is 12.0. The molecule has 0 fully saturated rings. The molecule has 2 aromatic carbocycles. The summed E-state index contributed by atoms with van der Waals surface area (Å²) in [5.41, 5.74) is 3.54. The molecule has 4 rings (SSSR count). The summed E-state index contributed by atoms with van der Waals surface area (Å²) in [6.45, 7) is 3.52. The largest absolute Gasteiger partial charge is 0.478 e. The number of pyridine rings is 1. The number of fused-ring (bicyclic) bond motifs is 3. The third kappa shape index (κ3) is 3.22. The maximum atomic E-state index is 12.4. The first kappa shape index (κ1) is 19.6. The Kier molecular flexibility index (Phi) is 4.71. The number of benzene rings is 2. The Bertz CT molecular complexity index is 1410. The van der Waals surface area contributed by atoms with Crippen molar-refractivity contribution in [2.24, 2.45) is 0 Å². The van der Waals surface area contributed by atoms with Crippen molar-refractivity contribution in [3.8, 4) is 11.1 Å². The van der Waals surface area contributed by atoms with Gasteiger partial charge >= 0.3 is 5.97 Å². The van der Waals surface area contributed by atoms with Crippen LogP contribution in [0, 0.1) is 6.92 Å². The van der Waals surface area contributed by atoms with E-state index in [1.807, 2.05) is 13.0 Å². The fourth-order valence-electron chi connectivity index (χ4n) is 3.46. The highest BCUT2D eigenvalue weighted by Crippen LogP contribution is 2.42. The number of hydrogen-bond donors (Lipinski definition) is 2. The topological polar surface area (TPSA) is 100 Å². The second-order valence-corrected chi connectivity index (χ2v) is 9.88. The van der Waals surface area contributed by atoms with Crippen molar-refractivity contribution in [1.29, 1.82) is 0 Å². The molecule has 2 aromatic heterocycles. The highest BCUT2D eigenvalue weighted by Gasteiger charge is 2.22. The smallest absolute Gasteiger partial charge is 0.336 e. The number of aromatic amines is 1. The van der Waals surface area contributed by atoms with E-state index >= 15 is 0 Å². The molecule has 0 aliphatic rings. The summed E-state index contributed by atoms with van der Waals surface area (Å²) < 4.78 is 25.2. The Hall–Kier alpha value is -2.71. The van der Waals surface area contributed by atoms with E-state index in [2.05, 4.69) is 25.9 Å². The number of H-pyrrole nitrogens is 1. The maximum absolute atomic E-state index is 12.4. The number of sulfone groups is 1. The summed E-state index contributed by atoms with van der Waals surface area (Å²) in [5, 5.41) is 11.3. The van der Waals surface area contributed by atoms with E-state index < -0.39 is 15.8 Å². The van der Waals surface area contributed by atoms with Crippen molar-refractivity contribution < 1.29 is 18.3 Å². The Labute approximate surface area is 175 Å². The molecule has 4 aromatic rings. The van der Waals surface area contributed by atoms with E-state index in [1.165, 1.54) is 0 Å². The summed E-state index contributed by atoms with van der Waals surface area (Å²) in [6.07, 6.45) is 1.74. The molecular weight excluding hydrogens is 456 g/mol. The van der Waals surface area contributed by atoms with Gasteiger partial charge in [0.15, 0.2) is 9.84 Å². The number of halogens is 1. The molecule has 2 heterocycles. The average Bonchev–Trinajstić information content (AvgIpc) is 3.04. The lowest BCUT2D eigenvalue weighted by molar-refractivity contribution is 0.0696. The van der Waals surface area contributed by atoms with Crippen molar-refractivity contribution >= 4 is 53.7 Å². The summed E-state index contributed by atoms with van der Waals surface area (Å²) in [5.74, 6) is -1.10. The van der Waals surface area contributed by atoms with Crippen LogP contribution in [0.2, 0.25) is 0 Å². The van der Waals surface area contributed by atoms with Gasteiger partial charge in [-0.2, -0.15) is 0 Å². The lowest BCUT2D eigenvalue weighted by atomic mass is 9.97. The molecule has 0 saturated heterocycles. The summed E-state index contributed by atoms with van der Waals surface area (Å²) in [6, 6.07) is 10.1. The van der Waals surface area contributed by atoms with Crippen molar-refractivity contribution in [2.75, 3.05) is 5.75 Å². The number of carboxylic acid groups (broad SMARTS) is 1. The number of aromatic nitrogens is 2. The molecule has 2 N–H and O–H groups in total. The van der Waals surface area contributed by atoms with Crippen LogP contribution in [0.15, 0.2) is 52.0 Å². The van der Waals surface area contributed by atoms with Crippen LogP contribution in [0.1, 0.15) is 22.8 Å². The van der Waals surface area contributed by atoms with Crippen molar-refractivity contribution in [3.05, 3.63) is 58.2 Å². The SMILES string of the molecule is CCS(=O)(=O)c1cccc(-c2c(Br)c(C(=O)O)cc3[nH]c4ncc(C)cc4c23)c1. The van der Waals surface area contributed by atoms with E-state index in [9.17, 15) is 18.3 Å². The Morgan fingerprint density at radius 2 is 2.00 bits per heavy atom. The van der Waals surface area contributed by atoms with Gasteiger partial charge in [0.25, 0.3) is 0 Å². The van der Waals surface area contributed by atoms with Crippen LogP contribution >= 0.6 is 15.9 Å². The molecule has 148 valence electrons. The number of carboxylic acids is 1. The van der Waals surface area contributed by atoms with Crippen LogP contribution in [0.4, 0.5) is 0 Å². The number of nitrogens with one attached hydrogen (secondary N) is 1. The number of aromatic carboxylic acids is 1. The minimum absolute atomic E-state index is 0.0155. The van der Waals surface area contributed by atoms with Gasteiger partial charge in [-0.05, 0) is 58.2 Å². The number of rotatable bonds is 4. The highest BCUT2D eigenvalue weighted by atomic mass is 79.9. The first-order chi connectivity index (χ1) is 13.7. The minimum atomic E-state index is -3.41. The molecule has 29 heavy (non-hydrogen) atoms. The predicted octanol–water partition coefficient (Wildman–Crippen LogP) is 4.95. The fraction of sp³-hybridized carbons (Fsp3) is 0.143. The number of aryl methyl sites for hydroxylation is 1. The lowest BCUT2D eigenvalue weighted by Crippen LogP contribution is -2.04. The molecule has 6 nitrogen and oxygen atoms in total. The second-order valence-electron chi connectivity index (χ2n) is 6.81. The maximum Gasteiger partial charge on any atom is 0.336 e. The highest BCUT2D eigenvalue weighted by molar-refractivity contribution is 9.10. The molecular formula is C21H17BrN2O4S. The van der Waals surface area contributed by atoms with Crippen LogP contribution in [-0.2, 0) is 9.84 Å². The van der Waals surface area contributed by atoms with Crippen LogP contribution in [-0.4, -0.2) is 35.2 Å². The van der Waals surface area contributed by atoms with Crippen LogP contribution in [0.5, 0.6) is 0 Å². The summed E-state index contributed by atoms with van der Waals surface area (Å²) >= 11 is 3.46. The van der Waals surface area contributed by atoms with Crippen LogP contribution in [0.3, 0.4) is 0 Å². The second kappa shape index (κ2) is 6.96. The zero-order valence-electron chi connectivity index (χ0n) is 15.7. The van der Waals surface area contributed by atoms with Crippen molar-refractivity contribution in [1.82, 2.24) is 9.97 Å². The standard InChI is InChI=1S/C21H17BrN2O4S/c1-3-29(27,28)13-6-4-5-12(8-13)17-18-14-7-11(2)10-23-20(14)24-16(18)9-15(19(17)22)21(25)26/h4-10H,3H2,1-2H3,(H,23,24)(H,25,26). The first-order valence-electron chi connectivity index (χ1n) is 8.90. The zero-order valence-corrected chi connectivity index (χ0v) is 18.1. The van der Waals surface area contributed by atoms with Crippen LogP contribution in [0.25, 0.3) is 33.1 Å². The van der Waals surface area contributed by atoms with Crippen molar-refractivity contribution in [3.63, 3.8) is 0 Å². The fourth-order valence-corrected chi connectivity index (χ4v) is 5.10. The Balaban J connectivity index is 2.17. The van der Waals surface area contributed by atoms with E-state index in [1.54, 1.807) is 43.5 Å².